The number of fused-ring (bicyclic) bond motifs is 1. The molecular formula is C19H28N2. The maximum atomic E-state index is 6.01. The number of unbranched alkanes of at least 4 members (excludes halogenated alkanes) is 6. The number of hydrogen-bond acceptors (Lipinski definition) is 2. The zero-order chi connectivity index (χ0) is 15.1. The SMILES string of the molecule is CCCCCCCCCc1ccc2c(N)cc(N)cc2c1. The van der Waals surface area contributed by atoms with E-state index in [4.69, 9.17) is 11.5 Å². The van der Waals surface area contributed by atoms with Crippen LogP contribution in [0.2, 0.25) is 0 Å². The van der Waals surface area contributed by atoms with E-state index in [0.717, 1.165) is 28.6 Å². The average Bonchev–Trinajstić information content (AvgIpc) is 2.45. The van der Waals surface area contributed by atoms with Gasteiger partial charge in [-0.2, -0.15) is 0 Å². The Morgan fingerprint density at radius 2 is 1.52 bits per heavy atom. The average molecular weight is 284 g/mol. The molecule has 4 N–H and O–H groups in total. The van der Waals surface area contributed by atoms with Crippen molar-refractivity contribution in [2.75, 3.05) is 11.5 Å². The topological polar surface area (TPSA) is 52.0 Å². The smallest absolute Gasteiger partial charge is 0.0414 e. The molecule has 0 bridgehead atoms. The van der Waals surface area contributed by atoms with Crippen LogP contribution in [0.1, 0.15) is 57.4 Å². The molecule has 0 spiro atoms. The number of aryl methyl sites for hydroxylation is 1. The van der Waals surface area contributed by atoms with Gasteiger partial charge in [-0.1, -0.05) is 63.6 Å². The van der Waals surface area contributed by atoms with Crippen LogP contribution in [0, 0.1) is 0 Å². The fourth-order valence-electron chi connectivity index (χ4n) is 2.91. The Kier molecular flexibility index (Phi) is 5.91. The molecule has 0 aliphatic rings. The molecule has 0 amide bonds. The summed E-state index contributed by atoms with van der Waals surface area (Å²) in [6, 6.07) is 10.4. The summed E-state index contributed by atoms with van der Waals surface area (Å²) in [5.41, 5.74) is 14.8. The first-order valence-electron chi connectivity index (χ1n) is 8.28. The summed E-state index contributed by atoms with van der Waals surface area (Å²) in [4.78, 5) is 0. The van der Waals surface area contributed by atoms with Gasteiger partial charge in [0.15, 0.2) is 0 Å². The molecule has 0 saturated heterocycles. The van der Waals surface area contributed by atoms with Gasteiger partial charge in [0, 0.05) is 16.8 Å². The molecule has 0 aliphatic carbocycles. The standard InChI is InChI=1S/C19H28N2/c1-2-3-4-5-6-7-8-9-15-10-11-18-16(12-15)13-17(20)14-19(18)21/h10-14H,2-9,20-21H2,1H3. The van der Waals surface area contributed by atoms with Gasteiger partial charge in [0.1, 0.15) is 0 Å². The van der Waals surface area contributed by atoms with Crippen LogP contribution < -0.4 is 11.5 Å². The van der Waals surface area contributed by atoms with Crippen LogP contribution in [-0.4, -0.2) is 0 Å². The lowest BCUT2D eigenvalue weighted by atomic mass is 10.0. The van der Waals surface area contributed by atoms with Crippen LogP contribution in [0.5, 0.6) is 0 Å². The zero-order valence-corrected chi connectivity index (χ0v) is 13.2. The maximum Gasteiger partial charge on any atom is 0.0414 e. The first-order valence-corrected chi connectivity index (χ1v) is 8.28. The largest absolute Gasteiger partial charge is 0.399 e. The van der Waals surface area contributed by atoms with Gasteiger partial charge in [-0.3, -0.25) is 0 Å². The van der Waals surface area contributed by atoms with Crippen LogP contribution in [0.25, 0.3) is 10.8 Å². The second-order valence-corrected chi connectivity index (χ2v) is 6.04. The van der Waals surface area contributed by atoms with E-state index in [0.29, 0.717) is 0 Å². The monoisotopic (exact) mass is 284 g/mol. The summed E-state index contributed by atoms with van der Waals surface area (Å²) >= 11 is 0. The van der Waals surface area contributed by atoms with Gasteiger partial charge < -0.3 is 11.5 Å². The maximum absolute atomic E-state index is 6.01. The summed E-state index contributed by atoms with van der Waals surface area (Å²) < 4.78 is 0. The third kappa shape index (κ3) is 4.66. The van der Waals surface area contributed by atoms with E-state index in [-0.39, 0.29) is 0 Å². The Hall–Kier alpha value is -1.70. The Morgan fingerprint density at radius 1 is 0.810 bits per heavy atom. The molecular weight excluding hydrogens is 256 g/mol. The summed E-state index contributed by atoms with van der Waals surface area (Å²) in [6.45, 7) is 2.26. The quantitative estimate of drug-likeness (QED) is 0.510. The molecule has 2 aromatic rings. The highest BCUT2D eigenvalue weighted by Crippen LogP contribution is 2.26. The molecule has 2 rings (SSSR count). The molecule has 21 heavy (non-hydrogen) atoms. The van der Waals surface area contributed by atoms with Crippen molar-refractivity contribution < 1.29 is 0 Å². The van der Waals surface area contributed by atoms with Crippen LogP contribution in [0.15, 0.2) is 30.3 Å². The molecule has 0 aromatic heterocycles. The van der Waals surface area contributed by atoms with Gasteiger partial charge in [0.25, 0.3) is 0 Å². The second kappa shape index (κ2) is 7.92. The van der Waals surface area contributed by atoms with Crippen LogP contribution >= 0.6 is 0 Å². The molecule has 0 saturated carbocycles. The van der Waals surface area contributed by atoms with E-state index in [9.17, 15) is 0 Å². The summed E-state index contributed by atoms with van der Waals surface area (Å²) in [6.07, 6.45) is 10.6. The van der Waals surface area contributed by atoms with Crippen molar-refractivity contribution in [1.82, 2.24) is 0 Å². The summed E-state index contributed by atoms with van der Waals surface area (Å²) in [5.74, 6) is 0. The fourth-order valence-corrected chi connectivity index (χ4v) is 2.91. The second-order valence-electron chi connectivity index (χ2n) is 6.04. The van der Waals surface area contributed by atoms with E-state index in [1.165, 1.54) is 50.5 Å². The summed E-state index contributed by atoms with van der Waals surface area (Å²) in [7, 11) is 0. The minimum atomic E-state index is 0.744. The number of hydrogen-bond donors (Lipinski definition) is 2. The van der Waals surface area contributed by atoms with E-state index < -0.39 is 0 Å². The molecule has 0 aliphatic heterocycles. The molecule has 0 fully saturated rings. The van der Waals surface area contributed by atoms with E-state index in [1.54, 1.807) is 0 Å². The van der Waals surface area contributed by atoms with Crippen LogP contribution in [-0.2, 0) is 6.42 Å². The summed E-state index contributed by atoms with van der Waals surface area (Å²) in [5, 5.41) is 2.26. The number of nitrogens with two attached hydrogens (primary N) is 2. The molecule has 0 radical (unpaired) electrons. The normalized spacial score (nSPS) is 11.1. The molecule has 0 unspecified atom stereocenters. The predicted molar refractivity (Wildman–Crippen MR) is 94.5 cm³/mol. The molecule has 2 nitrogen and oxygen atoms in total. The number of nitrogen functional groups attached to an aromatic ring is 2. The van der Waals surface area contributed by atoms with Crippen molar-refractivity contribution in [2.45, 2.75) is 58.3 Å². The Balaban J connectivity index is 1.85. The predicted octanol–water partition coefficient (Wildman–Crippen LogP) is 5.30. The van der Waals surface area contributed by atoms with Gasteiger partial charge in [-0.15, -0.1) is 0 Å². The van der Waals surface area contributed by atoms with Crippen LogP contribution in [0.4, 0.5) is 11.4 Å². The number of rotatable bonds is 8. The van der Waals surface area contributed by atoms with Gasteiger partial charge in [-0.05, 0) is 35.9 Å². The van der Waals surface area contributed by atoms with E-state index in [2.05, 4.69) is 25.1 Å². The van der Waals surface area contributed by atoms with Gasteiger partial charge in [-0.25, -0.2) is 0 Å². The number of anilines is 2. The fraction of sp³-hybridized carbons (Fsp3) is 0.474. The number of benzene rings is 2. The van der Waals surface area contributed by atoms with Crippen molar-refractivity contribution in [2.24, 2.45) is 0 Å². The van der Waals surface area contributed by atoms with Gasteiger partial charge >= 0.3 is 0 Å². The third-order valence-electron chi connectivity index (χ3n) is 4.14. The van der Waals surface area contributed by atoms with Crippen molar-refractivity contribution >= 4 is 22.1 Å². The molecule has 2 aromatic carbocycles. The van der Waals surface area contributed by atoms with Gasteiger partial charge in [0.05, 0.1) is 0 Å². The molecule has 2 heteroatoms. The zero-order valence-electron chi connectivity index (χ0n) is 13.2. The lowest BCUT2D eigenvalue weighted by Crippen LogP contribution is -1.93. The molecule has 114 valence electrons. The highest BCUT2D eigenvalue weighted by atomic mass is 14.6. The third-order valence-corrected chi connectivity index (χ3v) is 4.14. The van der Waals surface area contributed by atoms with E-state index in [1.807, 2.05) is 12.1 Å². The molecule has 0 atom stereocenters. The highest BCUT2D eigenvalue weighted by Gasteiger charge is 2.02. The van der Waals surface area contributed by atoms with Crippen LogP contribution in [0.3, 0.4) is 0 Å². The minimum absolute atomic E-state index is 0.744. The Labute approximate surface area is 128 Å². The first-order chi connectivity index (χ1) is 10.2. The highest BCUT2D eigenvalue weighted by molar-refractivity contribution is 5.95. The van der Waals surface area contributed by atoms with Crippen molar-refractivity contribution in [3.63, 3.8) is 0 Å². The Morgan fingerprint density at radius 3 is 2.29 bits per heavy atom. The Bertz CT molecular complexity index is 575. The van der Waals surface area contributed by atoms with E-state index >= 15 is 0 Å². The lowest BCUT2D eigenvalue weighted by molar-refractivity contribution is 0.589. The van der Waals surface area contributed by atoms with Gasteiger partial charge in [0.2, 0.25) is 0 Å². The molecule has 0 heterocycles. The first kappa shape index (κ1) is 15.7. The minimum Gasteiger partial charge on any atom is -0.399 e. The lowest BCUT2D eigenvalue weighted by Gasteiger charge is -2.07. The van der Waals surface area contributed by atoms with Crippen molar-refractivity contribution in [1.29, 1.82) is 0 Å². The van der Waals surface area contributed by atoms with Crippen molar-refractivity contribution in [3.05, 3.63) is 35.9 Å². The van der Waals surface area contributed by atoms with Crippen molar-refractivity contribution in [3.8, 4) is 0 Å².